The van der Waals surface area contributed by atoms with Crippen LogP contribution in [0.15, 0.2) is 35.7 Å². The van der Waals surface area contributed by atoms with Gasteiger partial charge in [0.15, 0.2) is 6.10 Å². The summed E-state index contributed by atoms with van der Waals surface area (Å²) in [5, 5.41) is 5.17. The van der Waals surface area contributed by atoms with Gasteiger partial charge in [-0.3, -0.25) is 9.59 Å². The van der Waals surface area contributed by atoms with Crippen molar-refractivity contribution in [2.45, 2.75) is 25.9 Å². The Morgan fingerprint density at radius 1 is 1.22 bits per heavy atom. The second-order valence-corrected chi connectivity index (χ2v) is 6.64. The topological polar surface area (TPSA) is 55.4 Å². The zero-order valence-corrected chi connectivity index (χ0v) is 14.7. The van der Waals surface area contributed by atoms with E-state index in [2.05, 4.69) is 5.32 Å². The van der Waals surface area contributed by atoms with Crippen LogP contribution in [0.25, 0.3) is 0 Å². The molecule has 0 saturated heterocycles. The van der Waals surface area contributed by atoms with Crippen LogP contribution in [-0.2, 0) is 20.7 Å². The summed E-state index contributed by atoms with van der Waals surface area (Å²) >= 11 is 13.5. The molecule has 122 valence electrons. The van der Waals surface area contributed by atoms with Gasteiger partial charge in [-0.05, 0) is 36.9 Å². The number of ether oxygens (including phenoxy) is 1. The Hall–Kier alpha value is -1.56. The van der Waals surface area contributed by atoms with Gasteiger partial charge in [0.1, 0.15) is 0 Å². The van der Waals surface area contributed by atoms with Crippen LogP contribution in [0.5, 0.6) is 0 Å². The highest BCUT2D eigenvalue weighted by molar-refractivity contribution is 7.09. The molecule has 0 radical (unpaired) electrons. The van der Waals surface area contributed by atoms with Crippen molar-refractivity contribution < 1.29 is 14.3 Å². The number of carbonyl (C=O) groups is 2. The zero-order valence-electron chi connectivity index (χ0n) is 12.3. The third-order valence-electron chi connectivity index (χ3n) is 3.04. The molecule has 7 heteroatoms. The maximum atomic E-state index is 12.1. The monoisotopic (exact) mass is 371 g/mol. The first-order valence-electron chi connectivity index (χ1n) is 6.94. The summed E-state index contributed by atoms with van der Waals surface area (Å²) in [4.78, 5) is 25.0. The number of amides is 1. The Bertz CT molecular complexity index is 668. The molecule has 0 fully saturated rings. The highest BCUT2D eigenvalue weighted by Gasteiger charge is 2.19. The minimum atomic E-state index is -0.932. The minimum absolute atomic E-state index is 0.227. The number of para-hydroxylation sites is 1. The highest BCUT2D eigenvalue weighted by atomic mass is 35.5. The van der Waals surface area contributed by atoms with Gasteiger partial charge in [-0.25, -0.2) is 0 Å². The predicted molar refractivity (Wildman–Crippen MR) is 93.3 cm³/mol. The molecule has 4 nitrogen and oxygen atoms in total. The first-order valence-corrected chi connectivity index (χ1v) is 8.57. The molecule has 2 aromatic rings. The van der Waals surface area contributed by atoms with Crippen molar-refractivity contribution in [2.24, 2.45) is 0 Å². The molecular weight excluding hydrogens is 357 g/mol. The number of benzene rings is 1. The number of carbonyl (C=O) groups excluding carboxylic acids is 2. The van der Waals surface area contributed by atoms with E-state index in [-0.39, 0.29) is 6.42 Å². The summed E-state index contributed by atoms with van der Waals surface area (Å²) < 4.78 is 5.13. The SMILES string of the molecule is C[C@@H](OC(=O)CCc1cccs1)C(=O)Nc1c(Cl)cccc1Cl. The Morgan fingerprint density at radius 3 is 2.52 bits per heavy atom. The normalized spacial score (nSPS) is 11.8. The number of halogens is 2. The van der Waals surface area contributed by atoms with Gasteiger partial charge in [-0.15, -0.1) is 11.3 Å². The lowest BCUT2D eigenvalue weighted by Crippen LogP contribution is -2.30. The van der Waals surface area contributed by atoms with Crippen LogP contribution in [-0.4, -0.2) is 18.0 Å². The third-order valence-corrected chi connectivity index (χ3v) is 4.61. The van der Waals surface area contributed by atoms with E-state index >= 15 is 0 Å². The predicted octanol–water partition coefficient (Wildman–Crippen LogP) is 4.56. The van der Waals surface area contributed by atoms with E-state index in [4.69, 9.17) is 27.9 Å². The fourth-order valence-electron chi connectivity index (χ4n) is 1.83. The van der Waals surface area contributed by atoms with Crippen molar-refractivity contribution >= 4 is 52.1 Å². The zero-order chi connectivity index (χ0) is 16.8. The second kappa shape index (κ2) is 8.34. The van der Waals surface area contributed by atoms with Crippen LogP contribution in [0, 0.1) is 0 Å². The molecule has 1 heterocycles. The molecule has 1 aromatic carbocycles. The van der Waals surface area contributed by atoms with E-state index in [0.717, 1.165) is 4.88 Å². The molecule has 0 spiro atoms. The number of anilines is 1. The summed E-state index contributed by atoms with van der Waals surface area (Å²) in [5.74, 6) is -0.907. The minimum Gasteiger partial charge on any atom is -0.453 e. The first kappa shape index (κ1) is 17.8. The first-order chi connectivity index (χ1) is 11.0. The van der Waals surface area contributed by atoms with Crippen molar-refractivity contribution in [2.75, 3.05) is 5.32 Å². The van der Waals surface area contributed by atoms with Crippen molar-refractivity contribution in [3.8, 4) is 0 Å². The van der Waals surface area contributed by atoms with Crippen LogP contribution in [0.4, 0.5) is 5.69 Å². The van der Waals surface area contributed by atoms with Crippen LogP contribution < -0.4 is 5.32 Å². The average molecular weight is 372 g/mol. The Balaban J connectivity index is 1.86. The lowest BCUT2D eigenvalue weighted by Gasteiger charge is -2.15. The molecule has 0 bridgehead atoms. The lowest BCUT2D eigenvalue weighted by atomic mass is 10.2. The summed E-state index contributed by atoms with van der Waals surface area (Å²) in [6.07, 6.45) is -0.107. The van der Waals surface area contributed by atoms with Crippen LogP contribution >= 0.6 is 34.5 Å². The molecule has 0 aliphatic rings. The molecule has 2 rings (SSSR count). The van der Waals surface area contributed by atoms with E-state index in [1.807, 2.05) is 17.5 Å². The molecule has 1 N–H and O–H groups in total. The van der Waals surface area contributed by atoms with Gasteiger partial charge in [0.25, 0.3) is 5.91 Å². The maximum absolute atomic E-state index is 12.1. The van der Waals surface area contributed by atoms with E-state index < -0.39 is 18.0 Å². The Morgan fingerprint density at radius 2 is 1.91 bits per heavy atom. The summed E-state index contributed by atoms with van der Waals surface area (Å²) in [6.45, 7) is 1.50. The fraction of sp³-hybridized carbons (Fsp3) is 0.250. The van der Waals surface area contributed by atoms with Gasteiger partial charge in [0.05, 0.1) is 22.2 Å². The van der Waals surface area contributed by atoms with Gasteiger partial charge >= 0.3 is 5.97 Å². The van der Waals surface area contributed by atoms with Crippen molar-refractivity contribution in [1.29, 1.82) is 0 Å². The van der Waals surface area contributed by atoms with Crippen molar-refractivity contribution in [3.63, 3.8) is 0 Å². The molecule has 0 unspecified atom stereocenters. The lowest BCUT2D eigenvalue weighted by molar-refractivity contribution is -0.153. The number of rotatable bonds is 6. The van der Waals surface area contributed by atoms with Crippen LogP contribution in [0.1, 0.15) is 18.2 Å². The number of aryl methyl sites for hydroxylation is 1. The number of esters is 1. The standard InChI is InChI=1S/C16H15Cl2NO3S/c1-10(22-14(20)8-7-11-4-3-9-23-11)16(21)19-15-12(17)5-2-6-13(15)18/h2-6,9-10H,7-8H2,1H3,(H,19,21)/t10-/m1/s1. The summed E-state index contributed by atoms with van der Waals surface area (Å²) in [6, 6.07) is 8.78. The Kier molecular flexibility index (Phi) is 6.45. The van der Waals surface area contributed by atoms with Crippen molar-refractivity contribution in [3.05, 3.63) is 50.6 Å². The number of thiophene rings is 1. The Labute approximate surface area is 148 Å². The van der Waals surface area contributed by atoms with Crippen molar-refractivity contribution in [1.82, 2.24) is 0 Å². The highest BCUT2D eigenvalue weighted by Crippen LogP contribution is 2.29. The number of nitrogens with one attached hydrogen (secondary N) is 1. The van der Waals surface area contributed by atoms with Gasteiger partial charge in [0.2, 0.25) is 0 Å². The van der Waals surface area contributed by atoms with Gasteiger partial charge in [-0.2, -0.15) is 0 Å². The second-order valence-electron chi connectivity index (χ2n) is 4.80. The van der Waals surface area contributed by atoms with E-state index in [9.17, 15) is 9.59 Å². The van der Waals surface area contributed by atoms with E-state index in [1.54, 1.807) is 29.5 Å². The fourth-order valence-corrected chi connectivity index (χ4v) is 3.03. The molecule has 1 aromatic heterocycles. The van der Waals surface area contributed by atoms with E-state index in [1.165, 1.54) is 6.92 Å². The van der Waals surface area contributed by atoms with Gasteiger partial charge in [0, 0.05) is 4.88 Å². The third kappa shape index (κ3) is 5.23. The van der Waals surface area contributed by atoms with Crippen LogP contribution in [0.3, 0.4) is 0 Å². The quantitative estimate of drug-likeness (QED) is 0.757. The summed E-state index contributed by atoms with van der Waals surface area (Å²) in [7, 11) is 0. The van der Waals surface area contributed by atoms with E-state index in [0.29, 0.717) is 22.2 Å². The largest absolute Gasteiger partial charge is 0.453 e. The van der Waals surface area contributed by atoms with Gasteiger partial charge in [-0.1, -0.05) is 35.3 Å². The van der Waals surface area contributed by atoms with Crippen LogP contribution in [0.2, 0.25) is 10.0 Å². The molecule has 23 heavy (non-hydrogen) atoms. The molecule has 0 aliphatic carbocycles. The maximum Gasteiger partial charge on any atom is 0.306 e. The number of hydrogen-bond donors (Lipinski definition) is 1. The average Bonchev–Trinajstić information content (AvgIpc) is 3.02. The molecule has 0 saturated carbocycles. The smallest absolute Gasteiger partial charge is 0.306 e. The molecule has 0 aliphatic heterocycles. The molecule has 1 atom stereocenters. The molecular formula is C16H15Cl2NO3S. The van der Waals surface area contributed by atoms with Gasteiger partial charge < -0.3 is 10.1 Å². The summed E-state index contributed by atoms with van der Waals surface area (Å²) in [5.41, 5.74) is 0.308. The molecule has 1 amide bonds. The number of hydrogen-bond acceptors (Lipinski definition) is 4.